The van der Waals surface area contributed by atoms with Crippen LogP contribution in [-0.4, -0.2) is 54.0 Å². The number of aliphatic hydroxyl groups excluding tert-OH is 1. The minimum Gasteiger partial charge on any atom is -0.396 e. The average Bonchev–Trinajstić information content (AvgIpc) is 3.03. The first-order valence-corrected chi connectivity index (χ1v) is 7.44. The molecule has 0 saturated carbocycles. The summed E-state index contributed by atoms with van der Waals surface area (Å²) < 4.78 is 5.52. The molecule has 5 heteroatoms. The Kier molecular flexibility index (Phi) is 5.05. The summed E-state index contributed by atoms with van der Waals surface area (Å²) in [4.78, 5) is 14.2. The standard InChI is InChI=1S/C14H26N2O3/c1-14(7-4-9-17)6-3-8-16(14)13(18)15-11-12-5-2-10-19-12/h12,17H,2-11H2,1H3,(H,15,18). The minimum atomic E-state index is -0.0939. The van der Waals surface area contributed by atoms with Crippen molar-refractivity contribution in [1.29, 1.82) is 0 Å². The molecule has 2 heterocycles. The molecular formula is C14H26N2O3. The Morgan fingerprint density at radius 1 is 1.53 bits per heavy atom. The summed E-state index contributed by atoms with van der Waals surface area (Å²) in [6, 6.07) is 0.0217. The molecule has 2 aliphatic heterocycles. The predicted molar refractivity (Wildman–Crippen MR) is 73.0 cm³/mol. The SMILES string of the molecule is CC1(CCCO)CCCN1C(=O)NCC1CCCO1. The molecule has 110 valence electrons. The molecule has 0 spiro atoms. The quantitative estimate of drug-likeness (QED) is 0.796. The number of carbonyl (C=O) groups is 1. The number of nitrogens with one attached hydrogen (secondary N) is 1. The van der Waals surface area contributed by atoms with Crippen molar-refractivity contribution in [3.05, 3.63) is 0 Å². The largest absolute Gasteiger partial charge is 0.396 e. The second-order valence-electron chi connectivity index (χ2n) is 5.90. The van der Waals surface area contributed by atoms with Crippen LogP contribution in [0.5, 0.6) is 0 Å². The normalized spacial score (nSPS) is 30.8. The number of amides is 2. The summed E-state index contributed by atoms with van der Waals surface area (Å²) in [6.07, 6.45) is 6.04. The van der Waals surface area contributed by atoms with Gasteiger partial charge in [-0.25, -0.2) is 4.79 Å². The molecule has 5 nitrogen and oxygen atoms in total. The lowest BCUT2D eigenvalue weighted by atomic mass is 9.93. The van der Waals surface area contributed by atoms with Crippen molar-refractivity contribution >= 4 is 6.03 Å². The van der Waals surface area contributed by atoms with Gasteiger partial charge in [0.2, 0.25) is 0 Å². The third-order valence-corrected chi connectivity index (χ3v) is 4.37. The molecule has 0 aromatic rings. The van der Waals surface area contributed by atoms with Gasteiger partial charge in [-0.2, -0.15) is 0 Å². The van der Waals surface area contributed by atoms with Crippen molar-refractivity contribution in [2.24, 2.45) is 0 Å². The van der Waals surface area contributed by atoms with Gasteiger partial charge >= 0.3 is 6.03 Å². The van der Waals surface area contributed by atoms with E-state index < -0.39 is 0 Å². The first-order valence-electron chi connectivity index (χ1n) is 7.44. The summed E-state index contributed by atoms with van der Waals surface area (Å²) in [5.41, 5.74) is -0.0939. The summed E-state index contributed by atoms with van der Waals surface area (Å²) in [5.74, 6) is 0. The van der Waals surface area contributed by atoms with E-state index in [0.717, 1.165) is 51.7 Å². The van der Waals surface area contributed by atoms with Crippen molar-refractivity contribution in [3.63, 3.8) is 0 Å². The third kappa shape index (κ3) is 3.60. The monoisotopic (exact) mass is 270 g/mol. The van der Waals surface area contributed by atoms with Crippen molar-refractivity contribution in [2.75, 3.05) is 26.3 Å². The molecule has 0 aromatic heterocycles. The summed E-state index contributed by atoms with van der Waals surface area (Å²) >= 11 is 0. The first kappa shape index (κ1) is 14.6. The molecule has 2 amide bonds. The lowest BCUT2D eigenvalue weighted by molar-refractivity contribution is 0.103. The Hall–Kier alpha value is -0.810. The highest BCUT2D eigenvalue weighted by Gasteiger charge is 2.39. The van der Waals surface area contributed by atoms with Crippen LogP contribution < -0.4 is 5.32 Å². The molecule has 2 saturated heterocycles. The number of hydrogen-bond donors (Lipinski definition) is 2. The molecule has 2 fully saturated rings. The predicted octanol–water partition coefficient (Wildman–Crippen LogP) is 1.50. The van der Waals surface area contributed by atoms with Gasteiger partial charge in [-0.05, 0) is 45.4 Å². The zero-order chi connectivity index (χ0) is 13.7. The minimum absolute atomic E-state index is 0.0217. The first-order chi connectivity index (χ1) is 9.15. The Balaban J connectivity index is 1.82. The molecule has 2 aliphatic rings. The number of likely N-dealkylation sites (tertiary alicyclic amines) is 1. The van der Waals surface area contributed by atoms with E-state index >= 15 is 0 Å². The van der Waals surface area contributed by atoms with E-state index in [-0.39, 0.29) is 24.3 Å². The summed E-state index contributed by atoms with van der Waals surface area (Å²) in [6.45, 7) is 4.57. The topological polar surface area (TPSA) is 61.8 Å². The smallest absolute Gasteiger partial charge is 0.317 e. The number of urea groups is 1. The fraction of sp³-hybridized carbons (Fsp3) is 0.929. The number of rotatable bonds is 5. The Bertz CT molecular complexity index is 305. The Morgan fingerprint density at radius 2 is 2.37 bits per heavy atom. The van der Waals surface area contributed by atoms with Crippen LogP contribution in [-0.2, 0) is 4.74 Å². The molecule has 2 atom stereocenters. The van der Waals surface area contributed by atoms with Gasteiger partial charge in [-0.3, -0.25) is 0 Å². The van der Waals surface area contributed by atoms with Crippen LogP contribution in [0.4, 0.5) is 4.79 Å². The van der Waals surface area contributed by atoms with Gasteiger partial charge in [0.05, 0.1) is 6.10 Å². The molecule has 2 N–H and O–H groups in total. The van der Waals surface area contributed by atoms with Crippen molar-refractivity contribution < 1.29 is 14.6 Å². The van der Waals surface area contributed by atoms with Gasteiger partial charge in [-0.1, -0.05) is 0 Å². The summed E-state index contributed by atoms with van der Waals surface area (Å²) in [7, 11) is 0. The Morgan fingerprint density at radius 3 is 3.05 bits per heavy atom. The molecule has 0 bridgehead atoms. The maximum atomic E-state index is 12.3. The lowest BCUT2D eigenvalue weighted by Gasteiger charge is -2.35. The van der Waals surface area contributed by atoms with Crippen molar-refractivity contribution in [1.82, 2.24) is 10.2 Å². The summed E-state index contributed by atoms with van der Waals surface area (Å²) in [5, 5.41) is 12.0. The van der Waals surface area contributed by atoms with E-state index in [0.29, 0.717) is 6.54 Å². The average molecular weight is 270 g/mol. The lowest BCUT2D eigenvalue weighted by Crippen LogP contribution is -2.51. The van der Waals surface area contributed by atoms with Gasteiger partial charge in [0.1, 0.15) is 0 Å². The van der Waals surface area contributed by atoms with Crippen LogP contribution in [0.3, 0.4) is 0 Å². The maximum Gasteiger partial charge on any atom is 0.317 e. The van der Waals surface area contributed by atoms with Gasteiger partial charge in [0, 0.05) is 31.8 Å². The third-order valence-electron chi connectivity index (χ3n) is 4.37. The van der Waals surface area contributed by atoms with Crippen LogP contribution in [0.25, 0.3) is 0 Å². The fourth-order valence-electron chi connectivity index (χ4n) is 3.19. The number of aliphatic hydroxyl groups is 1. The molecule has 19 heavy (non-hydrogen) atoms. The van der Waals surface area contributed by atoms with Crippen LogP contribution >= 0.6 is 0 Å². The maximum absolute atomic E-state index is 12.3. The Labute approximate surface area is 115 Å². The zero-order valence-corrected chi connectivity index (χ0v) is 11.9. The second kappa shape index (κ2) is 6.57. The molecular weight excluding hydrogens is 244 g/mol. The van der Waals surface area contributed by atoms with Gasteiger partial charge < -0.3 is 20.1 Å². The van der Waals surface area contributed by atoms with E-state index in [1.165, 1.54) is 0 Å². The van der Waals surface area contributed by atoms with Gasteiger partial charge in [-0.15, -0.1) is 0 Å². The molecule has 0 radical (unpaired) electrons. The van der Waals surface area contributed by atoms with Crippen molar-refractivity contribution in [3.8, 4) is 0 Å². The van der Waals surface area contributed by atoms with Crippen LogP contribution in [0.15, 0.2) is 0 Å². The number of nitrogens with zero attached hydrogens (tertiary/aromatic N) is 1. The highest BCUT2D eigenvalue weighted by molar-refractivity contribution is 5.75. The zero-order valence-electron chi connectivity index (χ0n) is 11.9. The van der Waals surface area contributed by atoms with E-state index in [1.54, 1.807) is 0 Å². The van der Waals surface area contributed by atoms with Gasteiger partial charge in [0.15, 0.2) is 0 Å². The number of carbonyl (C=O) groups excluding carboxylic acids is 1. The number of ether oxygens (including phenoxy) is 1. The fourth-order valence-corrected chi connectivity index (χ4v) is 3.19. The van der Waals surface area contributed by atoms with Crippen LogP contribution in [0, 0.1) is 0 Å². The molecule has 0 aliphatic carbocycles. The molecule has 2 rings (SSSR count). The van der Waals surface area contributed by atoms with Crippen LogP contribution in [0.2, 0.25) is 0 Å². The van der Waals surface area contributed by atoms with E-state index in [1.807, 2.05) is 4.90 Å². The van der Waals surface area contributed by atoms with Crippen LogP contribution in [0.1, 0.15) is 45.4 Å². The second-order valence-corrected chi connectivity index (χ2v) is 5.90. The highest BCUT2D eigenvalue weighted by Crippen LogP contribution is 2.33. The number of hydrogen-bond acceptors (Lipinski definition) is 3. The van der Waals surface area contributed by atoms with E-state index in [4.69, 9.17) is 9.84 Å². The van der Waals surface area contributed by atoms with Crippen molar-refractivity contribution in [2.45, 2.75) is 57.1 Å². The van der Waals surface area contributed by atoms with Gasteiger partial charge in [0.25, 0.3) is 0 Å². The highest BCUT2D eigenvalue weighted by atomic mass is 16.5. The van der Waals surface area contributed by atoms with E-state index in [9.17, 15) is 4.79 Å². The van der Waals surface area contributed by atoms with E-state index in [2.05, 4.69) is 12.2 Å². The molecule has 2 unspecified atom stereocenters. The molecule has 0 aromatic carbocycles.